The molecule has 5 atom stereocenters. The van der Waals surface area contributed by atoms with Crippen molar-refractivity contribution >= 4 is 0 Å². The van der Waals surface area contributed by atoms with Crippen LogP contribution in [0.4, 0.5) is 0 Å². The number of rotatable bonds is 4. The minimum absolute atomic E-state index is 0.755. The summed E-state index contributed by atoms with van der Waals surface area (Å²) in [5, 5.41) is 0. The van der Waals surface area contributed by atoms with Gasteiger partial charge in [0.15, 0.2) is 0 Å². The second kappa shape index (κ2) is 7.08. The van der Waals surface area contributed by atoms with Crippen LogP contribution in [0.15, 0.2) is 0 Å². The normalized spacial score (nSPS) is 41.4. The fourth-order valence-electron chi connectivity index (χ4n) is 4.67. The van der Waals surface area contributed by atoms with Crippen LogP contribution in [0.1, 0.15) is 59.3 Å². The summed E-state index contributed by atoms with van der Waals surface area (Å²) < 4.78 is 0. The maximum atomic E-state index is 6.06. The van der Waals surface area contributed by atoms with E-state index >= 15 is 0 Å². The van der Waals surface area contributed by atoms with Gasteiger partial charge in [-0.1, -0.05) is 40.0 Å². The smallest absolute Gasteiger partial charge is 0.0138 e. The van der Waals surface area contributed by atoms with E-state index in [1.165, 1.54) is 51.6 Å². The standard InChI is InChI=1S/C17H34N2/c1-4-5-15-6-7-16(10-18)17(9-15)19-11-13(2)8-14(3)12-19/h13-17H,4-12,18H2,1-3H3. The number of nitrogens with two attached hydrogens (primary N) is 1. The van der Waals surface area contributed by atoms with Crippen molar-refractivity contribution in [3.63, 3.8) is 0 Å². The molecule has 1 aliphatic carbocycles. The molecule has 1 saturated heterocycles. The molecule has 2 nitrogen and oxygen atoms in total. The summed E-state index contributed by atoms with van der Waals surface area (Å²) in [4.78, 5) is 2.80. The van der Waals surface area contributed by atoms with Crippen molar-refractivity contribution in [2.24, 2.45) is 29.4 Å². The van der Waals surface area contributed by atoms with Crippen molar-refractivity contribution in [2.75, 3.05) is 19.6 Å². The molecule has 1 saturated carbocycles. The zero-order valence-corrected chi connectivity index (χ0v) is 13.3. The lowest BCUT2D eigenvalue weighted by atomic mass is 9.75. The predicted octanol–water partition coefficient (Wildman–Crippen LogP) is 3.51. The lowest BCUT2D eigenvalue weighted by Crippen LogP contribution is -2.51. The van der Waals surface area contributed by atoms with Crippen LogP contribution in [0.25, 0.3) is 0 Å². The number of piperidine rings is 1. The van der Waals surface area contributed by atoms with Crippen LogP contribution in [0.5, 0.6) is 0 Å². The Morgan fingerprint density at radius 1 is 1.05 bits per heavy atom. The fourth-order valence-corrected chi connectivity index (χ4v) is 4.67. The Balaban J connectivity index is 2.00. The summed E-state index contributed by atoms with van der Waals surface area (Å²) in [6.07, 6.45) is 8.38. The van der Waals surface area contributed by atoms with Crippen LogP contribution < -0.4 is 5.73 Å². The van der Waals surface area contributed by atoms with Gasteiger partial charge in [0.2, 0.25) is 0 Å². The van der Waals surface area contributed by atoms with Gasteiger partial charge in [-0.15, -0.1) is 0 Å². The van der Waals surface area contributed by atoms with Crippen LogP contribution in [-0.2, 0) is 0 Å². The molecule has 2 aliphatic rings. The molecular formula is C17H34N2. The van der Waals surface area contributed by atoms with Crippen LogP contribution in [0.3, 0.4) is 0 Å². The molecule has 2 heteroatoms. The highest BCUT2D eigenvalue weighted by Gasteiger charge is 2.36. The fraction of sp³-hybridized carbons (Fsp3) is 1.00. The van der Waals surface area contributed by atoms with E-state index < -0.39 is 0 Å². The Bertz CT molecular complexity index is 256. The van der Waals surface area contributed by atoms with Crippen LogP contribution in [0.2, 0.25) is 0 Å². The van der Waals surface area contributed by atoms with Crippen molar-refractivity contribution in [1.82, 2.24) is 4.90 Å². The van der Waals surface area contributed by atoms with Gasteiger partial charge in [-0.25, -0.2) is 0 Å². The predicted molar refractivity (Wildman–Crippen MR) is 83.1 cm³/mol. The molecule has 0 aromatic carbocycles. The molecule has 0 aromatic heterocycles. The van der Waals surface area contributed by atoms with Crippen LogP contribution in [-0.4, -0.2) is 30.6 Å². The molecular weight excluding hydrogens is 232 g/mol. The van der Waals surface area contributed by atoms with Gasteiger partial charge in [-0.3, -0.25) is 4.90 Å². The van der Waals surface area contributed by atoms with E-state index in [4.69, 9.17) is 5.73 Å². The van der Waals surface area contributed by atoms with Crippen molar-refractivity contribution in [1.29, 1.82) is 0 Å². The van der Waals surface area contributed by atoms with E-state index in [1.807, 2.05) is 0 Å². The van der Waals surface area contributed by atoms with E-state index in [2.05, 4.69) is 25.7 Å². The first kappa shape index (κ1) is 15.3. The molecule has 2 N–H and O–H groups in total. The average molecular weight is 266 g/mol. The molecule has 0 spiro atoms. The topological polar surface area (TPSA) is 29.3 Å². The van der Waals surface area contributed by atoms with E-state index in [1.54, 1.807) is 0 Å². The van der Waals surface area contributed by atoms with Gasteiger partial charge in [0, 0.05) is 19.1 Å². The van der Waals surface area contributed by atoms with E-state index in [0.717, 1.165) is 36.3 Å². The van der Waals surface area contributed by atoms with Crippen molar-refractivity contribution in [2.45, 2.75) is 65.3 Å². The molecule has 0 bridgehead atoms. The van der Waals surface area contributed by atoms with Gasteiger partial charge in [0.05, 0.1) is 0 Å². The Kier molecular flexibility index (Phi) is 5.70. The lowest BCUT2D eigenvalue weighted by Gasteiger charge is -2.47. The van der Waals surface area contributed by atoms with Gasteiger partial charge < -0.3 is 5.73 Å². The third-order valence-corrected chi connectivity index (χ3v) is 5.43. The molecule has 2 fully saturated rings. The average Bonchev–Trinajstić information content (AvgIpc) is 2.38. The minimum atomic E-state index is 0.755. The van der Waals surface area contributed by atoms with Crippen molar-refractivity contribution < 1.29 is 0 Å². The highest BCUT2D eigenvalue weighted by atomic mass is 15.2. The third-order valence-electron chi connectivity index (χ3n) is 5.43. The number of likely N-dealkylation sites (tertiary alicyclic amines) is 1. The summed E-state index contributed by atoms with van der Waals surface area (Å²) in [5.41, 5.74) is 6.06. The van der Waals surface area contributed by atoms with E-state index in [0.29, 0.717) is 0 Å². The largest absolute Gasteiger partial charge is 0.330 e. The molecule has 1 heterocycles. The highest BCUT2D eigenvalue weighted by Crippen LogP contribution is 2.36. The second-order valence-electron chi connectivity index (χ2n) is 7.43. The number of hydrogen-bond donors (Lipinski definition) is 1. The first-order valence-corrected chi connectivity index (χ1v) is 8.58. The maximum Gasteiger partial charge on any atom is 0.0138 e. The zero-order chi connectivity index (χ0) is 13.8. The molecule has 0 aromatic rings. The molecule has 2 rings (SSSR count). The monoisotopic (exact) mass is 266 g/mol. The van der Waals surface area contributed by atoms with Gasteiger partial charge in [0.1, 0.15) is 0 Å². The lowest BCUT2D eigenvalue weighted by molar-refractivity contribution is 0.0299. The van der Waals surface area contributed by atoms with Gasteiger partial charge in [-0.05, 0) is 49.5 Å². The molecule has 19 heavy (non-hydrogen) atoms. The zero-order valence-electron chi connectivity index (χ0n) is 13.3. The maximum absolute atomic E-state index is 6.06. The second-order valence-corrected chi connectivity index (χ2v) is 7.43. The molecule has 112 valence electrons. The SMILES string of the molecule is CCCC1CCC(CN)C(N2CC(C)CC(C)C2)C1. The molecule has 0 amide bonds. The van der Waals surface area contributed by atoms with E-state index in [-0.39, 0.29) is 0 Å². The van der Waals surface area contributed by atoms with Gasteiger partial charge >= 0.3 is 0 Å². The van der Waals surface area contributed by atoms with Crippen molar-refractivity contribution in [3.05, 3.63) is 0 Å². The Morgan fingerprint density at radius 2 is 1.74 bits per heavy atom. The first-order valence-electron chi connectivity index (χ1n) is 8.58. The molecule has 5 unspecified atom stereocenters. The molecule has 1 aliphatic heterocycles. The van der Waals surface area contributed by atoms with E-state index in [9.17, 15) is 0 Å². The molecule has 0 radical (unpaired) electrons. The summed E-state index contributed by atoms with van der Waals surface area (Å²) in [6, 6.07) is 0.778. The van der Waals surface area contributed by atoms with Crippen molar-refractivity contribution in [3.8, 4) is 0 Å². The Hall–Kier alpha value is -0.0800. The van der Waals surface area contributed by atoms with Gasteiger partial charge in [0.25, 0.3) is 0 Å². The Morgan fingerprint density at radius 3 is 2.32 bits per heavy atom. The third kappa shape index (κ3) is 3.95. The van der Waals surface area contributed by atoms with Crippen LogP contribution in [0, 0.1) is 23.7 Å². The van der Waals surface area contributed by atoms with Gasteiger partial charge in [-0.2, -0.15) is 0 Å². The Labute approximate surface area is 120 Å². The number of hydrogen-bond acceptors (Lipinski definition) is 2. The summed E-state index contributed by atoms with van der Waals surface area (Å²) >= 11 is 0. The quantitative estimate of drug-likeness (QED) is 0.844. The van der Waals surface area contributed by atoms with Crippen LogP contribution >= 0.6 is 0 Å². The minimum Gasteiger partial charge on any atom is -0.330 e. The summed E-state index contributed by atoms with van der Waals surface area (Å²) in [5.74, 6) is 3.46. The highest BCUT2D eigenvalue weighted by molar-refractivity contribution is 4.90. The number of nitrogens with zero attached hydrogens (tertiary/aromatic N) is 1. The summed E-state index contributed by atoms with van der Waals surface area (Å²) in [7, 11) is 0. The summed E-state index contributed by atoms with van der Waals surface area (Å²) in [6.45, 7) is 10.7. The first-order chi connectivity index (χ1) is 9.13.